The molecule has 1 atom stereocenters. The molecule has 1 fully saturated rings. The Morgan fingerprint density at radius 1 is 1.17 bits per heavy atom. The molecule has 1 saturated carbocycles. The Hall–Kier alpha value is -0.330. The van der Waals surface area contributed by atoms with Gasteiger partial charge in [0, 0.05) is 12.3 Å². The van der Waals surface area contributed by atoms with Gasteiger partial charge in [-0.2, -0.15) is 0 Å². The molecule has 1 nitrogen and oxygen atoms in total. The third kappa shape index (κ3) is 5.54. The third-order valence-electron chi connectivity index (χ3n) is 4.28. The molecule has 0 aromatic rings. The van der Waals surface area contributed by atoms with Crippen LogP contribution >= 0.6 is 0 Å². The first kappa shape index (κ1) is 15.7. The van der Waals surface area contributed by atoms with E-state index >= 15 is 0 Å². The third-order valence-corrected chi connectivity index (χ3v) is 4.28. The molecule has 106 valence electrons. The van der Waals surface area contributed by atoms with Crippen LogP contribution in [0.5, 0.6) is 0 Å². The zero-order chi connectivity index (χ0) is 13.8. The average molecular weight is 252 g/mol. The van der Waals surface area contributed by atoms with E-state index in [2.05, 4.69) is 34.6 Å². The molecule has 1 rings (SSSR count). The zero-order valence-electron chi connectivity index (χ0n) is 13.1. The summed E-state index contributed by atoms with van der Waals surface area (Å²) in [7, 11) is 0. The van der Waals surface area contributed by atoms with E-state index in [1.165, 1.54) is 32.1 Å². The van der Waals surface area contributed by atoms with Gasteiger partial charge in [-0.1, -0.05) is 60.3 Å². The summed E-state index contributed by atoms with van der Waals surface area (Å²) in [4.78, 5) is 12.4. The topological polar surface area (TPSA) is 17.1 Å². The minimum absolute atomic E-state index is 0.136. The zero-order valence-corrected chi connectivity index (χ0v) is 13.1. The summed E-state index contributed by atoms with van der Waals surface area (Å²) in [5.74, 6) is 2.20. The molecule has 0 aromatic carbocycles. The minimum Gasteiger partial charge on any atom is -0.299 e. The number of hydrogen-bond acceptors (Lipinski definition) is 1. The van der Waals surface area contributed by atoms with Crippen molar-refractivity contribution in [1.29, 1.82) is 0 Å². The van der Waals surface area contributed by atoms with Crippen molar-refractivity contribution < 1.29 is 4.79 Å². The van der Waals surface area contributed by atoms with Gasteiger partial charge in [0.1, 0.15) is 5.78 Å². The fourth-order valence-corrected chi connectivity index (χ4v) is 3.23. The van der Waals surface area contributed by atoms with Crippen LogP contribution < -0.4 is 0 Å². The van der Waals surface area contributed by atoms with E-state index in [4.69, 9.17) is 0 Å². The first-order chi connectivity index (χ1) is 8.29. The molecule has 1 aliphatic rings. The Morgan fingerprint density at radius 2 is 1.72 bits per heavy atom. The molecule has 0 aromatic heterocycles. The van der Waals surface area contributed by atoms with E-state index in [1.54, 1.807) is 0 Å². The summed E-state index contributed by atoms with van der Waals surface area (Å²) in [5, 5.41) is 0. The van der Waals surface area contributed by atoms with Crippen molar-refractivity contribution >= 4 is 5.78 Å². The van der Waals surface area contributed by atoms with Gasteiger partial charge >= 0.3 is 0 Å². The summed E-state index contributed by atoms with van der Waals surface area (Å²) < 4.78 is 0. The summed E-state index contributed by atoms with van der Waals surface area (Å²) in [6.45, 7) is 10.9. The number of carbonyl (C=O) groups is 1. The first-order valence-electron chi connectivity index (χ1n) is 7.82. The van der Waals surface area contributed by atoms with E-state index < -0.39 is 0 Å². The van der Waals surface area contributed by atoms with Crippen molar-refractivity contribution in [2.45, 2.75) is 79.6 Å². The highest BCUT2D eigenvalue weighted by Gasteiger charge is 2.27. The van der Waals surface area contributed by atoms with Crippen molar-refractivity contribution in [2.24, 2.45) is 23.2 Å². The van der Waals surface area contributed by atoms with E-state index in [-0.39, 0.29) is 5.41 Å². The van der Waals surface area contributed by atoms with Crippen molar-refractivity contribution in [2.75, 3.05) is 0 Å². The second-order valence-corrected chi connectivity index (χ2v) is 7.78. The molecule has 1 aliphatic carbocycles. The van der Waals surface area contributed by atoms with Crippen molar-refractivity contribution in [3.05, 3.63) is 0 Å². The fourth-order valence-electron chi connectivity index (χ4n) is 3.23. The van der Waals surface area contributed by atoms with Crippen molar-refractivity contribution in [1.82, 2.24) is 0 Å². The summed E-state index contributed by atoms with van der Waals surface area (Å²) in [6.07, 6.45) is 8.76. The van der Waals surface area contributed by atoms with Gasteiger partial charge in [0.25, 0.3) is 0 Å². The Morgan fingerprint density at radius 3 is 2.17 bits per heavy atom. The molecule has 0 saturated heterocycles. The molecule has 0 N–H and O–H groups in total. The molecule has 0 spiro atoms. The smallest absolute Gasteiger partial charge is 0.136 e. The van der Waals surface area contributed by atoms with Crippen LogP contribution in [-0.2, 0) is 4.79 Å². The summed E-state index contributed by atoms with van der Waals surface area (Å²) in [5.41, 5.74) is 0.136. The van der Waals surface area contributed by atoms with Gasteiger partial charge in [-0.25, -0.2) is 0 Å². The number of carbonyl (C=O) groups excluding carboxylic acids is 1. The maximum absolute atomic E-state index is 12.4. The highest BCUT2D eigenvalue weighted by atomic mass is 16.1. The van der Waals surface area contributed by atoms with Crippen LogP contribution in [0, 0.1) is 23.2 Å². The lowest BCUT2D eigenvalue weighted by Crippen LogP contribution is -2.25. The Labute approximate surface area is 114 Å². The number of ketones is 1. The van der Waals surface area contributed by atoms with Crippen LogP contribution in [0.2, 0.25) is 0 Å². The van der Waals surface area contributed by atoms with Gasteiger partial charge in [-0.15, -0.1) is 0 Å². The predicted molar refractivity (Wildman–Crippen MR) is 78.6 cm³/mol. The molecular formula is C17H32O. The van der Waals surface area contributed by atoms with Crippen molar-refractivity contribution in [3.63, 3.8) is 0 Å². The Bertz CT molecular complexity index is 253. The van der Waals surface area contributed by atoms with Crippen LogP contribution in [-0.4, -0.2) is 5.78 Å². The number of rotatable bonds is 6. The minimum atomic E-state index is 0.136. The molecule has 0 amide bonds. The van der Waals surface area contributed by atoms with Crippen LogP contribution in [0.15, 0.2) is 0 Å². The van der Waals surface area contributed by atoms with Crippen LogP contribution in [0.4, 0.5) is 0 Å². The van der Waals surface area contributed by atoms with Gasteiger partial charge in [-0.3, -0.25) is 4.79 Å². The predicted octanol–water partition coefficient (Wildman–Crippen LogP) is 5.23. The number of Topliss-reactive ketones (excluding diaryl/α,β-unsaturated/α-hetero) is 1. The monoisotopic (exact) mass is 252 g/mol. The van der Waals surface area contributed by atoms with Gasteiger partial charge in [0.2, 0.25) is 0 Å². The van der Waals surface area contributed by atoms with Gasteiger partial charge in [0.15, 0.2) is 0 Å². The number of hydrogen-bond donors (Lipinski definition) is 0. The molecule has 1 unspecified atom stereocenters. The Balaban J connectivity index is 2.45. The molecule has 0 aliphatic heterocycles. The van der Waals surface area contributed by atoms with Gasteiger partial charge in [0.05, 0.1) is 0 Å². The molecule has 1 heteroatoms. The van der Waals surface area contributed by atoms with Crippen LogP contribution in [0.25, 0.3) is 0 Å². The van der Waals surface area contributed by atoms with E-state index in [1.807, 2.05) is 0 Å². The van der Waals surface area contributed by atoms with Crippen molar-refractivity contribution in [3.8, 4) is 0 Å². The fraction of sp³-hybridized carbons (Fsp3) is 0.941. The highest BCUT2D eigenvalue weighted by Crippen LogP contribution is 2.33. The molecule has 0 radical (unpaired) electrons. The second-order valence-electron chi connectivity index (χ2n) is 7.78. The van der Waals surface area contributed by atoms with Crippen LogP contribution in [0.3, 0.4) is 0 Å². The van der Waals surface area contributed by atoms with E-state index in [0.29, 0.717) is 17.6 Å². The Kier molecular flexibility index (Phi) is 5.88. The normalized spacial score (nSPS) is 19.4. The quantitative estimate of drug-likeness (QED) is 0.632. The van der Waals surface area contributed by atoms with Gasteiger partial charge < -0.3 is 0 Å². The summed E-state index contributed by atoms with van der Waals surface area (Å²) >= 11 is 0. The van der Waals surface area contributed by atoms with E-state index in [9.17, 15) is 4.79 Å². The largest absolute Gasteiger partial charge is 0.299 e. The standard InChI is InChI=1S/C17H32O/c1-13(2)15(16(18)12-17(3,4)5)11-10-14-8-6-7-9-14/h13-15H,6-12H2,1-5H3. The van der Waals surface area contributed by atoms with Crippen LogP contribution in [0.1, 0.15) is 79.6 Å². The lowest BCUT2D eigenvalue weighted by atomic mass is 9.78. The molecule has 0 bridgehead atoms. The second kappa shape index (κ2) is 6.73. The van der Waals surface area contributed by atoms with E-state index in [0.717, 1.165) is 18.8 Å². The van der Waals surface area contributed by atoms with Gasteiger partial charge in [-0.05, 0) is 30.1 Å². The highest BCUT2D eigenvalue weighted by molar-refractivity contribution is 5.81. The lowest BCUT2D eigenvalue weighted by molar-refractivity contribution is -0.126. The molecule has 0 heterocycles. The lowest BCUT2D eigenvalue weighted by Gasteiger charge is -2.25. The first-order valence-corrected chi connectivity index (χ1v) is 7.82. The maximum atomic E-state index is 12.4. The molecular weight excluding hydrogens is 220 g/mol. The maximum Gasteiger partial charge on any atom is 0.136 e. The SMILES string of the molecule is CC(C)C(CCC1CCCC1)C(=O)CC(C)(C)C. The average Bonchev–Trinajstić information content (AvgIpc) is 2.67. The summed E-state index contributed by atoms with van der Waals surface area (Å²) in [6, 6.07) is 0. The molecule has 18 heavy (non-hydrogen) atoms.